The SMILES string of the molecule is CC(CCCC(CCCC(Cl)c1ccccc1)c1ccccc1)c1ccccc1. The molecule has 3 aromatic carbocycles. The van der Waals surface area contributed by atoms with E-state index in [1.807, 2.05) is 0 Å². The molecular formula is C28H33Cl. The number of hydrogen-bond donors (Lipinski definition) is 0. The summed E-state index contributed by atoms with van der Waals surface area (Å²) in [6.45, 7) is 2.35. The molecule has 3 rings (SSSR count). The first-order valence-electron chi connectivity index (χ1n) is 11.0. The molecule has 0 radical (unpaired) electrons. The predicted molar refractivity (Wildman–Crippen MR) is 127 cm³/mol. The van der Waals surface area contributed by atoms with Crippen LogP contribution in [0.15, 0.2) is 91.0 Å². The van der Waals surface area contributed by atoms with Crippen LogP contribution < -0.4 is 0 Å². The first-order valence-corrected chi connectivity index (χ1v) is 11.5. The van der Waals surface area contributed by atoms with Crippen LogP contribution in [0.3, 0.4) is 0 Å². The summed E-state index contributed by atoms with van der Waals surface area (Å²) >= 11 is 6.65. The van der Waals surface area contributed by atoms with Crippen molar-refractivity contribution >= 4 is 11.6 Å². The average Bonchev–Trinajstić information content (AvgIpc) is 2.79. The Labute approximate surface area is 181 Å². The van der Waals surface area contributed by atoms with Gasteiger partial charge < -0.3 is 0 Å². The standard InChI is InChI=1S/C28H33Cl/c1-23(24-14-5-2-6-15-24)13-11-20-26(25-16-7-3-8-17-25)21-12-22-28(29)27-18-9-4-10-19-27/h2-10,14-19,23,26,28H,11-13,20-22H2,1H3. The summed E-state index contributed by atoms with van der Waals surface area (Å²) in [6.07, 6.45) is 7.17. The summed E-state index contributed by atoms with van der Waals surface area (Å²) in [6, 6.07) is 32.4. The molecule has 0 spiro atoms. The van der Waals surface area contributed by atoms with Crippen molar-refractivity contribution in [2.75, 3.05) is 0 Å². The Morgan fingerprint density at radius 3 is 1.55 bits per heavy atom. The minimum atomic E-state index is 0.116. The fourth-order valence-electron chi connectivity index (χ4n) is 4.19. The van der Waals surface area contributed by atoms with Gasteiger partial charge >= 0.3 is 0 Å². The Morgan fingerprint density at radius 1 is 0.552 bits per heavy atom. The van der Waals surface area contributed by atoms with Crippen LogP contribution in [0.2, 0.25) is 0 Å². The molecule has 0 fully saturated rings. The van der Waals surface area contributed by atoms with Crippen LogP contribution >= 0.6 is 11.6 Å². The van der Waals surface area contributed by atoms with Crippen LogP contribution in [-0.2, 0) is 0 Å². The molecule has 0 amide bonds. The largest absolute Gasteiger partial charge is 0.118 e. The second kappa shape index (κ2) is 11.8. The van der Waals surface area contributed by atoms with E-state index in [9.17, 15) is 0 Å². The van der Waals surface area contributed by atoms with Gasteiger partial charge in [0.05, 0.1) is 5.38 Å². The number of rotatable bonds is 11. The predicted octanol–water partition coefficient (Wildman–Crippen LogP) is 8.89. The third-order valence-electron chi connectivity index (χ3n) is 6.00. The van der Waals surface area contributed by atoms with E-state index in [1.165, 1.54) is 42.4 Å². The number of hydrogen-bond acceptors (Lipinski definition) is 0. The van der Waals surface area contributed by atoms with Crippen LogP contribution in [0.25, 0.3) is 0 Å². The lowest BCUT2D eigenvalue weighted by Crippen LogP contribution is -2.02. The summed E-state index contributed by atoms with van der Waals surface area (Å²) in [5.74, 6) is 1.25. The summed E-state index contributed by atoms with van der Waals surface area (Å²) < 4.78 is 0. The topological polar surface area (TPSA) is 0 Å². The molecule has 0 bridgehead atoms. The van der Waals surface area contributed by atoms with Crippen molar-refractivity contribution in [2.45, 2.75) is 62.7 Å². The fraction of sp³-hybridized carbons (Fsp3) is 0.357. The molecule has 0 aromatic heterocycles. The van der Waals surface area contributed by atoms with E-state index in [2.05, 4.69) is 97.9 Å². The lowest BCUT2D eigenvalue weighted by Gasteiger charge is -2.20. The average molecular weight is 405 g/mol. The van der Waals surface area contributed by atoms with E-state index in [1.54, 1.807) is 0 Å². The zero-order chi connectivity index (χ0) is 20.3. The minimum absolute atomic E-state index is 0.116. The van der Waals surface area contributed by atoms with Gasteiger partial charge in [0, 0.05) is 0 Å². The van der Waals surface area contributed by atoms with Crippen molar-refractivity contribution in [2.24, 2.45) is 0 Å². The molecule has 0 nitrogen and oxygen atoms in total. The van der Waals surface area contributed by atoms with Gasteiger partial charge in [-0.2, -0.15) is 0 Å². The highest BCUT2D eigenvalue weighted by Gasteiger charge is 2.14. The molecule has 0 aliphatic carbocycles. The lowest BCUT2D eigenvalue weighted by molar-refractivity contribution is 0.493. The number of halogens is 1. The lowest BCUT2D eigenvalue weighted by atomic mass is 9.86. The summed E-state index contributed by atoms with van der Waals surface area (Å²) in [4.78, 5) is 0. The first kappa shape index (κ1) is 21.7. The van der Waals surface area contributed by atoms with Gasteiger partial charge in [0.25, 0.3) is 0 Å². The Balaban J connectivity index is 1.51. The molecule has 1 heteroatoms. The van der Waals surface area contributed by atoms with E-state index in [4.69, 9.17) is 11.6 Å². The van der Waals surface area contributed by atoms with Gasteiger partial charge in [-0.3, -0.25) is 0 Å². The number of benzene rings is 3. The maximum atomic E-state index is 6.65. The maximum Gasteiger partial charge on any atom is 0.0585 e. The molecule has 3 unspecified atom stereocenters. The normalized spacial score (nSPS) is 14.3. The van der Waals surface area contributed by atoms with Crippen molar-refractivity contribution in [3.63, 3.8) is 0 Å². The Kier molecular flexibility index (Phi) is 8.83. The molecule has 0 N–H and O–H groups in total. The summed E-state index contributed by atoms with van der Waals surface area (Å²) in [7, 11) is 0. The summed E-state index contributed by atoms with van der Waals surface area (Å²) in [5.41, 5.74) is 4.17. The van der Waals surface area contributed by atoms with Crippen molar-refractivity contribution in [3.8, 4) is 0 Å². The Bertz CT molecular complexity index is 746. The van der Waals surface area contributed by atoms with Crippen LogP contribution in [0, 0.1) is 0 Å². The summed E-state index contributed by atoms with van der Waals surface area (Å²) in [5, 5.41) is 0.116. The van der Waals surface area contributed by atoms with E-state index >= 15 is 0 Å². The number of alkyl halides is 1. The third kappa shape index (κ3) is 7.05. The molecule has 3 atom stereocenters. The minimum Gasteiger partial charge on any atom is -0.118 e. The van der Waals surface area contributed by atoms with Crippen molar-refractivity contribution in [1.82, 2.24) is 0 Å². The fourth-order valence-corrected chi connectivity index (χ4v) is 4.49. The third-order valence-corrected chi connectivity index (χ3v) is 6.47. The van der Waals surface area contributed by atoms with Gasteiger partial charge in [-0.1, -0.05) is 111 Å². The highest BCUT2D eigenvalue weighted by Crippen LogP contribution is 2.33. The quantitative estimate of drug-likeness (QED) is 0.280. The van der Waals surface area contributed by atoms with Crippen LogP contribution in [0.1, 0.15) is 79.4 Å². The monoisotopic (exact) mass is 404 g/mol. The molecule has 152 valence electrons. The smallest absolute Gasteiger partial charge is 0.0585 e. The van der Waals surface area contributed by atoms with Crippen molar-refractivity contribution in [3.05, 3.63) is 108 Å². The van der Waals surface area contributed by atoms with Gasteiger partial charge in [0.2, 0.25) is 0 Å². The molecule has 0 saturated heterocycles. The zero-order valence-corrected chi connectivity index (χ0v) is 18.3. The first-order chi connectivity index (χ1) is 14.2. The van der Waals surface area contributed by atoms with Crippen molar-refractivity contribution < 1.29 is 0 Å². The molecule has 29 heavy (non-hydrogen) atoms. The highest BCUT2D eigenvalue weighted by molar-refractivity contribution is 6.20. The van der Waals surface area contributed by atoms with Crippen molar-refractivity contribution in [1.29, 1.82) is 0 Å². The van der Waals surface area contributed by atoms with Gasteiger partial charge in [-0.25, -0.2) is 0 Å². The zero-order valence-electron chi connectivity index (χ0n) is 17.5. The Morgan fingerprint density at radius 2 is 1.00 bits per heavy atom. The van der Waals surface area contributed by atoms with Crippen LogP contribution in [0.4, 0.5) is 0 Å². The molecule has 3 aromatic rings. The maximum absolute atomic E-state index is 6.65. The van der Waals surface area contributed by atoms with Gasteiger partial charge in [0.1, 0.15) is 0 Å². The van der Waals surface area contributed by atoms with E-state index in [0.717, 1.165) is 12.8 Å². The van der Waals surface area contributed by atoms with E-state index in [0.29, 0.717) is 11.8 Å². The van der Waals surface area contributed by atoms with Crippen LogP contribution in [0.5, 0.6) is 0 Å². The van der Waals surface area contributed by atoms with E-state index < -0.39 is 0 Å². The highest BCUT2D eigenvalue weighted by atomic mass is 35.5. The van der Waals surface area contributed by atoms with Gasteiger partial charge in [-0.15, -0.1) is 11.6 Å². The molecule has 0 heterocycles. The molecule has 0 aliphatic heterocycles. The second-order valence-corrected chi connectivity index (χ2v) is 8.69. The van der Waals surface area contributed by atoms with E-state index in [-0.39, 0.29) is 5.38 Å². The van der Waals surface area contributed by atoms with Gasteiger partial charge in [0.15, 0.2) is 0 Å². The van der Waals surface area contributed by atoms with Crippen LogP contribution in [-0.4, -0.2) is 0 Å². The molecule has 0 saturated carbocycles. The second-order valence-electron chi connectivity index (χ2n) is 8.16. The van der Waals surface area contributed by atoms with Gasteiger partial charge in [-0.05, 0) is 54.2 Å². The Hall–Kier alpha value is -2.05. The molecule has 0 aliphatic rings. The molecular weight excluding hydrogens is 372 g/mol.